The molecule has 0 bridgehead atoms. The van der Waals surface area contributed by atoms with E-state index in [1.165, 1.54) is 5.56 Å². The molecule has 0 aromatic heterocycles. The van der Waals surface area contributed by atoms with E-state index in [-0.39, 0.29) is 29.9 Å². The van der Waals surface area contributed by atoms with E-state index >= 15 is 0 Å². The topological polar surface area (TPSA) is 91.0 Å². The summed E-state index contributed by atoms with van der Waals surface area (Å²) < 4.78 is 0. The third kappa shape index (κ3) is 5.60. The summed E-state index contributed by atoms with van der Waals surface area (Å²) in [5.41, 5.74) is 8.30. The average molecular weight is 434 g/mol. The molecule has 0 unspecified atom stereocenters. The molecule has 2 atom stereocenters. The number of nitrogens with one attached hydrogen (secondary N) is 1. The van der Waals surface area contributed by atoms with E-state index in [0.29, 0.717) is 13.1 Å². The Kier molecular flexibility index (Phi) is 7.29. The number of aliphatic imine (C=N–C) groups is 1. The number of hydrogen-bond donors (Lipinski definition) is 2. The zero-order valence-corrected chi connectivity index (χ0v) is 18.3. The van der Waals surface area contributed by atoms with Crippen LogP contribution in [0.1, 0.15) is 36.8 Å². The van der Waals surface area contributed by atoms with Crippen LogP contribution in [0.2, 0.25) is 0 Å². The second kappa shape index (κ2) is 10.5. The molecule has 32 heavy (non-hydrogen) atoms. The van der Waals surface area contributed by atoms with Crippen molar-refractivity contribution in [3.05, 3.63) is 71.8 Å². The molecule has 3 N–H and O–H groups in total. The summed E-state index contributed by atoms with van der Waals surface area (Å²) in [5, 5.41) is 2.66. The molecule has 0 saturated carbocycles. The van der Waals surface area contributed by atoms with Crippen LogP contribution in [0, 0.1) is 0 Å². The van der Waals surface area contributed by atoms with E-state index in [2.05, 4.69) is 44.4 Å². The van der Waals surface area contributed by atoms with Gasteiger partial charge < -0.3 is 5.73 Å². The smallest absolute Gasteiger partial charge is 0.266 e. The van der Waals surface area contributed by atoms with Gasteiger partial charge in [0.15, 0.2) is 0 Å². The van der Waals surface area contributed by atoms with Gasteiger partial charge in [-0.05, 0) is 49.9 Å². The Morgan fingerprint density at radius 1 is 0.844 bits per heavy atom. The van der Waals surface area contributed by atoms with Gasteiger partial charge in [-0.2, -0.15) is 4.99 Å². The molecular weight excluding hydrogens is 402 g/mol. The summed E-state index contributed by atoms with van der Waals surface area (Å²) in [4.78, 5) is 33.9. The molecule has 2 aromatic rings. The third-order valence-corrected chi connectivity index (χ3v) is 6.25. The van der Waals surface area contributed by atoms with Crippen molar-refractivity contribution in [2.45, 2.75) is 50.9 Å². The minimum Gasteiger partial charge on any atom is -0.369 e. The van der Waals surface area contributed by atoms with Crippen molar-refractivity contribution >= 4 is 17.8 Å². The van der Waals surface area contributed by atoms with Crippen molar-refractivity contribution in [1.82, 2.24) is 15.1 Å². The van der Waals surface area contributed by atoms with Crippen LogP contribution in [0.4, 0.5) is 0 Å². The number of nitrogens with zero attached hydrogens (tertiary/aromatic N) is 3. The Bertz CT molecular complexity index is 947. The van der Waals surface area contributed by atoms with Gasteiger partial charge in [-0.3, -0.25) is 24.7 Å². The summed E-state index contributed by atoms with van der Waals surface area (Å²) >= 11 is 0. The van der Waals surface area contributed by atoms with Gasteiger partial charge >= 0.3 is 0 Å². The van der Waals surface area contributed by atoms with Gasteiger partial charge in [-0.15, -0.1) is 0 Å². The van der Waals surface area contributed by atoms with Crippen molar-refractivity contribution in [3.63, 3.8) is 0 Å². The lowest BCUT2D eigenvalue weighted by molar-refractivity contribution is -0.124. The second-order valence-corrected chi connectivity index (χ2v) is 8.55. The zero-order valence-electron chi connectivity index (χ0n) is 18.3. The van der Waals surface area contributed by atoms with Crippen LogP contribution in [0.3, 0.4) is 0 Å². The van der Waals surface area contributed by atoms with Crippen molar-refractivity contribution in [2.24, 2.45) is 10.7 Å². The van der Waals surface area contributed by atoms with Crippen LogP contribution in [-0.2, 0) is 22.7 Å². The molecule has 2 aliphatic rings. The summed E-state index contributed by atoms with van der Waals surface area (Å²) in [7, 11) is 0. The first-order chi connectivity index (χ1) is 15.6. The Morgan fingerprint density at radius 3 is 1.91 bits per heavy atom. The number of carbonyl (C=O) groups is 2. The number of rotatable bonds is 6. The van der Waals surface area contributed by atoms with Crippen molar-refractivity contribution < 1.29 is 9.59 Å². The number of amides is 2. The summed E-state index contributed by atoms with van der Waals surface area (Å²) in [6.07, 6.45) is 3.43. The molecule has 7 heteroatoms. The van der Waals surface area contributed by atoms with Gasteiger partial charge in [0.25, 0.3) is 5.91 Å². The standard InChI is InChI=1S/C25H31N5O2/c26-25(27-23(31)21-13-7-15-29(21)17-19-9-3-1-4-10-19)28-24(32)22-14-8-16-30(22)18-20-11-5-2-6-12-20/h1-6,9-12,21-22H,7-8,13-18H2,(H3,26,27,28,31,32)/t21-,22-/m0/s1. The minimum absolute atomic E-state index is 0.113. The van der Waals surface area contributed by atoms with Crippen molar-refractivity contribution in [1.29, 1.82) is 0 Å². The molecule has 168 valence electrons. The molecule has 2 amide bonds. The van der Waals surface area contributed by atoms with Crippen LogP contribution in [0.15, 0.2) is 65.7 Å². The second-order valence-electron chi connectivity index (χ2n) is 8.55. The Balaban J connectivity index is 1.34. The van der Waals surface area contributed by atoms with E-state index < -0.39 is 0 Å². The largest absolute Gasteiger partial charge is 0.369 e. The highest BCUT2D eigenvalue weighted by molar-refractivity contribution is 6.03. The summed E-state index contributed by atoms with van der Waals surface area (Å²) in [6.45, 7) is 3.13. The minimum atomic E-state index is -0.299. The quantitative estimate of drug-likeness (QED) is 0.539. The molecule has 0 spiro atoms. The monoisotopic (exact) mass is 433 g/mol. The lowest BCUT2D eigenvalue weighted by Crippen LogP contribution is -2.48. The maximum Gasteiger partial charge on any atom is 0.266 e. The zero-order chi connectivity index (χ0) is 22.3. The summed E-state index contributed by atoms with van der Waals surface area (Å²) in [6, 6.07) is 19.6. The molecule has 0 aliphatic carbocycles. The van der Waals surface area contributed by atoms with Gasteiger partial charge in [-0.1, -0.05) is 60.7 Å². The summed E-state index contributed by atoms with van der Waals surface area (Å²) in [5.74, 6) is -0.595. The highest BCUT2D eigenvalue weighted by atomic mass is 16.2. The number of carbonyl (C=O) groups excluding carboxylic acids is 2. The fourth-order valence-corrected chi connectivity index (χ4v) is 4.67. The van der Waals surface area contributed by atoms with Crippen molar-refractivity contribution in [2.75, 3.05) is 13.1 Å². The normalized spacial score (nSPS) is 22.2. The molecule has 0 radical (unpaired) electrons. The van der Waals surface area contributed by atoms with Gasteiger partial charge in [0.2, 0.25) is 11.9 Å². The molecule has 2 saturated heterocycles. The van der Waals surface area contributed by atoms with Crippen LogP contribution in [0.5, 0.6) is 0 Å². The SMILES string of the molecule is NC(=NC(=O)[C@@H]1CCCN1Cc1ccccc1)NC(=O)[C@@H]1CCCN1Cc1ccccc1. The fourth-order valence-electron chi connectivity index (χ4n) is 4.67. The molecule has 7 nitrogen and oxygen atoms in total. The lowest BCUT2D eigenvalue weighted by Gasteiger charge is -2.24. The third-order valence-electron chi connectivity index (χ3n) is 6.25. The van der Waals surface area contributed by atoms with E-state index in [1.54, 1.807) is 0 Å². The molecule has 2 heterocycles. The van der Waals surface area contributed by atoms with Gasteiger partial charge in [0, 0.05) is 13.1 Å². The predicted octanol–water partition coefficient (Wildman–Crippen LogP) is 2.27. The molecule has 2 aliphatic heterocycles. The van der Waals surface area contributed by atoms with Gasteiger partial charge in [0.05, 0.1) is 12.1 Å². The maximum atomic E-state index is 12.8. The highest BCUT2D eigenvalue weighted by Gasteiger charge is 2.33. The number of likely N-dealkylation sites (tertiary alicyclic amines) is 2. The Hall–Kier alpha value is -3.03. The highest BCUT2D eigenvalue weighted by Crippen LogP contribution is 2.22. The predicted molar refractivity (Wildman–Crippen MR) is 125 cm³/mol. The fraction of sp³-hybridized carbons (Fsp3) is 0.400. The van der Waals surface area contributed by atoms with Gasteiger partial charge in [-0.25, -0.2) is 0 Å². The number of nitrogens with two attached hydrogens (primary N) is 1. The van der Waals surface area contributed by atoms with Crippen LogP contribution < -0.4 is 11.1 Å². The van der Waals surface area contributed by atoms with E-state index in [9.17, 15) is 9.59 Å². The van der Waals surface area contributed by atoms with Crippen molar-refractivity contribution in [3.8, 4) is 0 Å². The average Bonchev–Trinajstić information content (AvgIpc) is 3.45. The Labute approximate surface area is 189 Å². The van der Waals surface area contributed by atoms with E-state index in [1.807, 2.05) is 36.4 Å². The lowest BCUT2D eigenvalue weighted by atomic mass is 10.1. The first-order valence-corrected chi connectivity index (χ1v) is 11.3. The molecule has 2 aromatic carbocycles. The molecular formula is C25H31N5O2. The number of hydrogen-bond acceptors (Lipinski definition) is 4. The maximum absolute atomic E-state index is 12.8. The number of guanidine groups is 1. The van der Waals surface area contributed by atoms with Crippen LogP contribution >= 0.6 is 0 Å². The number of benzene rings is 2. The van der Waals surface area contributed by atoms with E-state index in [4.69, 9.17) is 5.73 Å². The van der Waals surface area contributed by atoms with Crippen LogP contribution in [-0.4, -0.2) is 52.7 Å². The first-order valence-electron chi connectivity index (χ1n) is 11.3. The van der Waals surface area contributed by atoms with Gasteiger partial charge in [0.1, 0.15) is 0 Å². The van der Waals surface area contributed by atoms with E-state index in [0.717, 1.165) is 44.3 Å². The van der Waals surface area contributed by atoms with Crippen LogP contribution in [0.25, 0.3) is 0 Å². The molecule has 2 fully saturated rings. The Morgan fingerprint density at radius 2 is 1.34 bits per heavy atom. The first kappa shape index (κ1) is 22.2. The molecule has 4 rings (SSSR count).